The third-order valence-electron chi connectivity index (χ3n) is 3.57. The molecule has 1 fully saturated rings. The lowest BCUT2D eigenvalue weighted by Gasteiger charge is -2.31. The summed E-state index contributed by atoms with van der Waals surface area (Å²) in [4.78, 5) is 10.7. The van der Waals surface area contributed by atoms with E-state index in [9.17, 15) is 4.79 Å². The Balaban J connectivity index is 1.97. The Morgan fingerprint density at radius 2 is 2.20 bits per heavy atom. The van der Waals surface area contributed by atoms with Gasteiger partial charge in [0.2, 0.25) is 0 Å². The summed E-state index contributed by atoms with van der Waals surface area (Å²) in [5.74, 6) is 0.161. The number of carbonyl (C=O) groups excluding carboxylic acids is 1. The number of nitrogens with one attached hydrogen (secondary N) is 1. The molecule has 0 bridgehead atoms. The SMILES string of the molecule is COC1CCCCC1Nc1cccc(OCC(N)=O)c1. The molecule has 0 aromatic heterocycles. The maximum Gasteiger partial charge on any atom is 0.255 e. The molecule has 2 rings (SSSR count). The molecule has 2 atom stereocenters. The van der Waals surface area contributed by atoms with Crippen molar-refractivity contribution in [1.29, 1.82) is 0 Å². The summed E-state index contributed by atoms with van der Waals surface area (Å²) >= 11 is 0. The summed E-state index contributed by atoms with van der Waals surface area (Å²) < 4.78 is 10.8. The minimum absolute atomic E-state index is 0.104. The lowest BCUT2D eigenvalue weighted by atomic mass is 9.92. The molecule has 1 aliphatic rings. The second kappa shape index (κ2) is 7.14. The molecule has 110 valence electrons. The number of anilines is 1. The van der Waals surface area contributed by atoms with Crippen LogP contribution >= 0.6 is 0 Å². The molecule has 1 saturated carbocycles. The molecule has 1 aromatic carbocycles. The molecule has 0 aliphatic heterocycles. The molecular formula is C15H22N2O3. The molecule has 2 unspecified atom stereocenters. The second-order valence-electron chi connectivity index (χ2n) is 5.09. The van der Waals surface area contributed by atoms with Crippen molar-refractivity contribution >= 4 is 11.6 Å². The third kappa shape index (κ3) is 4.13. The first-order valence-corrected chi connectivity index (χ1v) is 6.99. The quantitative estimate of drug-likeness (QED) is 0.833. The second-order valence-corrected chi connectivity index (χ2v) is 5.09. The molecule has 0 spiro atoms. The maximum absolute atomic E-state index is 10.7. The van der Waals surface area contributed by atoms with Crippen LogP contribution < -0.4 is 15.8 Å². The van der Waals surface area contributed by atoms with E-state index in [2.05, 4.69) is 5.32 Å². The van der Waals surface area contributed by atoms with Gasteiger partial charge in [-0.15, -0.1) is 0 Å². The number of ether oxygens (including phenoxy) is 2. The normalized spacial score (nSPS) is 22.2. The fraction of sp³-hybridized carbons (Fsp3) is 0.533. The Bertz CT molecular complexity index is 450. The van der Waals surface area contributed by atoms with Gasteiger partial charge in [-0.1, -0.05) is 18.9 Å². The number of rotatable bonds is 6. The van der Waals surface area contributed by atoms with Crippen molar-refractivity contribution in [3.8, 4) is 5.75 Å². The topological polar surface area (TPSA) is 73.6 Å². The Kier molecular flexibility index (Phi) is 5.24. The molecule has 3 N–H and O–H groups in total. The third-order valence-corrected chi connectivity index (χ3v) is 3.57. The fourth-order valence-corrected chi connectivity index (χ4v) is 2.59. The summed E-state index contributed by atoms with van der Waals surface area (Å²) in [6, 6.07) is 7.88. The van der Waals surface area contributed by atoms with Gasteiger partial charge >= 0.3 is 0 Å². The summed E-state index contributed by atoms with van der Waals surface area (Å²) in [6.07, 6.45) is 4.88. The highest BCUT2D eigenvalue weighted by atomic mass is 16.5. The van der Waals surface area contributed by atoms with E-state index >= 15 is 0 Å². The smallest absolute Gasteiger partial charge is 0.255 e. The highest BCUT2D eigenvalue weighted by molar-refractivity contribution is 5.75. The van der Waals surface area contributed by atoms with E-state index in [-0.39, 0.29) is 12.7 Å². The van der Waals surface area contributed by atoms with Gasteiger partial charge in [0, 0.05) is 18.9 Å². The Morgan fingerprint density at radius 1 is 1.40 bits per heavy atom. The fourth-order valence-electron chi connectivity index (χ4n) is 2.59. The number of hydrogen-bond acceptors (Lipinski definition) is 4. The van der Waals surface area contributed by atoms with Crippen molar-refractivity contribution in [2.45, 2.75) is 37.8 Å². The van der Waals surface area contributed by atoms with E-state index in [0.29, 0.717) is 11.8 Å². The summed E-state index contributed by atoms with van der Waals surface area (Å²) in [5, 5.41) is 3.49. The molecule has 5 nitrogen and oxygen atoms in total. The van der Waals surface area contributed by atoms with Crippen molar-refractivity contribution < 1.29 is 14.3 Å². The lowest BCUT2D eigenvalue weighted by Crippen LogP contribution is -2.37. The van der Waals surface area contributed by atoms with Gasteiger partial charge in [0.1, 0.15) is 5.75 Å². The predicted octanol–water partition coefficient (Wildman–Crippen LogP) is 1.92. The number of benzene rings is 1. The van der Waals surface area contributed by atoms with Crippen molar-refractivity contribution in [3.63, 3.8) is 0 Å². The Hall–Kier alpha value is -1.75. The van der Waals surface area contributed by atoms with Crippen LogP contribution in [-0.4, -0.2) is 31.8 Å². The van der Waals surface area contributed by atoms with Gasteiger partial charge in [0.15, 0.2) is 6.61 Å². The average Bonchev–Trinajstić information content (AvgIpc) is 2.46. The molecule has 1 aromatic rings. The van der Waals surface area contributed by atoms with Gasteiger partial charge in [0.25, 0.3) is 5.91 Å². The summed E-state index contributed by atoms with van der Waals surface area (Å²) in [7, 11) is 1.76. The molecule has 0 radical (unpaired) electrons. The van der Waals surface area contributed by atoms with Crippen LogP contribution in [-0.2, 0) is 9.53 Å². The van der Waals surface area contributed by atoms with E-state index in [1.807, 2.05) is 24.3 Å². The van der Waals surface area contributed by atoms with Crippen LogP contribution in [0.1, 0.15) is 25.7 Å². The molecular weight excluding hydrogens is 256 g/mol. The van der Waals surface area contributed by atoms with Crippen LogP contribution in [0.3, 0.4) is 0 Å². The van der Waals surface area contributed by atoms with Crippen LogP contribution in [0.15, 0.2) is 24.3 Å². The van der Waals surface area contributed by atoms with Crippen molar-refractivity contribution in [2.24, 2.45) is 5.73 Å². The monoisotopic (exact) mass is 278 g/mol. The van der Waals surface area contributed by atoms with Crippen molar-refractivity contribution in [3.05, 3.63) is 24.3 Å². The van der Waals surface area contributed by atoms with Gasteiger partial charge in [-0.05, 0) is 25.0 Å². The van der Waals surface area contributed by atoms with Crippen LogP contribution in [0.5, 0.6) is 5.75 Å². The molecule has 0 saturated heterocycles. The number of carbonyl (C=O) groups is 1. The van der Waals surface area contributed by atoms with Gasteiger partial charge < -0.3 is 20.5 Å². The number of nitrogens with two attached hydrogens (primary N) is 1. The standard InChI is InChI=1S/C15H22N2O3/c1-19-14-8-3-2-7-13(14)17-11-5-4-6-12(9-11)20-10-15(16)18/h4-6,9,13-14,17H,2-3,7-8,10H2,1H3,(H2,16,18). The summed E-state index contributed by atoms with van der Waals surface area (Å²) in [6.45, 7) is -0.104. The first-order valence-electron chi connectivity index (χ1n) is 6.99. The molecule has 5 heteroatoms. The van der Waals surface area contributed by atoms with E-state index in [4.69, 9.17) is 15.2 Å². The average molecular weight is 278 g/mol. The van der Waals surface area contributed by atoms with Crippen molar-refractivity contribution in [2.75, 3.05) is 19.0 Å². The highest BCUT2D eigenvalue weighted by Gasteiger charge is 2.24. The largest absolute Gasteiger partial charge is 0.484 e. The maximum atomic E-state index is 10.7. The van der Waals surface area contributed by atoms with Crippen LogP contribution in [0.2, 0.25) is 0 Å². The van der Waals surface area contributed by atoms with Gasteiger partial charge in [-0.25, -0.2) is 0 Å². The van der Waals surface area contributed by atoms with Crippen LogP contribution in [0, 0.1) is 0 Å². The Morgan fingerprint density at radius 3 is 2.95 bits per heavy atom. The molecule has 20 heavy (non-hydrogen) atoms. The van der Waals surface area contributed by atoms with Crippen molar-refractivity contribution in [1.82, 2.24) is 0 Å². The van der Waals surface area contributed by atoms with E-state index in [1.165, 1.54) is 12.8 Å². The minimum atomic E-state index is -0.477. The molecule has 1 aliphatic carbocycles. The van der Waals surface area contributed by atoms with E-state index < -0.39 is 5.91 Å². The zero-order valence-electron chi connectivity index (χ0n) is 11.8. The predicted molar refractivity (Wildman–Crippen MR) is 77.8 cm³/mol. The first kappa shape index (κ1) is 14.7. The molecule has 1 amide bonds. The summed E-state index contributed by atoms with van der Waals surface area (Å²) in [5.41, 5.74) is 6.04. The van der Waals surface area contributed by atoms with Gasteiger partial charge in [-0.2, -0.15) is 0 Å². The number of primary amides is 1. The highest BCUT2D eigenvalue weighted by Crippen LogP contribution is 2.25. The van der Waals surface area contributed by atoms with E-state index in [1.54, 1.807) is 7.11 Å². The van der Waals surface area contributed by atoms with Gasteiger partial charge in [0.05, 0.1) is 12.1 Å². The van der Waals surface area contributed by atoms with Crippen LogP contribution in [0.25, 0.3) is 0 Å². The number of methoxy groups -OCH3 is 1. The Labute approximate surface area is 119 Å². The van der Waals surface area contributed by atoms with Gasteiger partial charge in [-0.3, -0.25) is 4.79 Å². The first-order chi connectivity index (χ1) is 9.69. The number of amides is 1. The van der Waals surface area contributed by atoms with E-state index in [0.717, 1.165) is 18.5 Å². The van der Waals surface area contributed by atoms with Crippen LogP contribution in [0.4, 0.5) is 5.69 Å². The number of hydrogen-bond donors (Lipinski definition) is 2. The lowest BCUT2D eigenvalue weighted by molar-refractivity contribution is -0.119. The zero-order valence-corrected chi connectivity index (χ0v) is 11.8. The zero-order chi connectivity index (χ0) is 14.4. The minimum Gasteiger partial charge on any atom is -0.484 e. The molecule has 0 heterocycles.